The molecule has 3 aromatic carbocycles. The summed E-state index contributed by atoms with van der Waals surface area (Å²) in [7, 11) is -3.01. The number of aliphatic hydroxyl groups excluding tert-OH is 2. The van der Waals surface area contributed by atoms with E-state index >= 15 is 0 Å². The van der Waals surface area contributed by atoms with Gasteiger partial charge in [-0.1, -0.05) is 142 Å². The van der Waals surface area contributed by atoms with Crippen LogP contribution in [0, 0.1) is 17.8 Å². The van der Waals surface area contributed by atoms with Gasteiger partial charge in [0.25, 0.3) is 8.32 Å². The molecule has 3 aliphatic rings. The van der Waals surface area contributed by atoms with Crippen LogP contribution < -0.4 is 10.4 Å². The Morgan fingerprint density at radius 1 is 0.945 bits per heavy atom. The molecule has 9 heteroatoms. The Hall–Kier alpha value is -3.34. The van der Waals surface area contributed by atoms with Crippen molar-refractivity contribution in [1.29, 1.82) is 0 Å². The number of rotatable bonds is 14. The van der Waals surface area contributed by atoms with Crippen LogP contribution in [0.2, 0.25) is 5.04 Å². The number of aromatic hydroxyl groups is 1. The summed E-state index contributed by atoms with van der Waals surface area (Å²) in [6, 6.07) is 26.1. The molecule has 4 atom stereocenters. The lowest BCUT2D eigenvalue weighted by Gasteiger charge is -2.44. The first-order valence-electron chi connectivity index (χ1n) is 20.2. The van der Waals surface area contributed by atoms with E-state index in [-0.39, 0.29) is 41.9 Å². The molecule has 2 aliphatic carbocycles. The molecule has 0 radical (unpaired) electrons. The number of likely N-dealkylation sites (tertiary alicyclic amines) is 1. The molecule has 1 saturated carbocycles. The average molecular weight is 829 g/mol. The van der Waals surface area contributed by atoms with Crippen LogP contribution in [-0.4, -0.2) is 65.7 Å². The van der Waals surface area contributed by atoms with Gasteiger partial charge in [0.05, 0.1) is 31.2 Å². The van der Waals surface area contributed by atoms with E-state index in [1.807, 2.05) is 24.3 Å². The normalized spacial score (nSPS) is 22.0. The Kier molecular flexibility index (Phi) is 13.4. The second-order valence-electron chi connectivity index (χ2n) is 16.8. The molecule has 1 aliphatic heterocycles. The fraction of sp³-hybridized carbons (Fsp3) is 0.478. The van der Waals surface area contributed by atoms with E-state index in [1.165, 1.54) is 0 Å². The minimum atomic E-state index is -3.01. The van der Waals surface area contributed by atoms with Crippen LogP contribution in [0.15, 0.2) is 100 Å². The van der Waals surface area contributed by atoms with Gasteiger partial charge in [-0.25, -0.2) is 0 Å². The maximum Gasteiger partial charge on any atom is 0.261 e. The standard InChI is InChI=1S/C46H58BrNO6Si/c1-5-15-31(26-32-27-34(47)23-25-40(32)50)22-24-41(51)42-33(28-38-43(39(42)29-49)45(53)48(44(38)52)35-16-9-6-10-17-35)30-54-55(46(2,3)4,36-18-11-7-12-19-36)37-20-13-8-14-21-37/h7-8,11-14,18-21,23,25-27,35,38-39,41,43,49-51H,5-6,9-10,15-17,22,24,28-30H2,1-4H3/b31-26+/t38-,39+,41-,43-/m1/s1. The van der Waals surface area contributed by atoms with E-state index in [2.05, 4.69) is 92.2 Å². The van der Waals surface area contributed by atoms with Gasteiger partial charge in [-0.3, -0.25) is 14.5 Å². The number of halogens is 1. The first kappa shape index (κ1) is 41.3. The number of amides is 2. The SMILES string of the molecule is CCC/C(=C\c1cc(Br)ccc1O)CC[C@@H](O)C1=C(CO[Si](c2ccccc2)(c2ccccc2)C(C)(C)C)C[C@H]2C(=O)N(C3CCCCC3)C(=O)[C@H]2[C@H]1CO. The molecule has 3 N–H and O–H groups in total. The Morgan fingerprint density at radius 2 is 1.58 bits per heavy atom. The van der Waals surface area contributed by atoms with Crippen LogP contribution in [0.1, 0.15) is 97.5 Å². The number of nitrogens with zero attached hydrogens (tertiary/aromatic N) is 1. The number of hydrogen-bond donors (Lipinski definition) is 3. The Morgan fingerprint density at radius 3 is 2.16 bits per heavy atom. The average Bonchev–Trinajstić information content (AvgIpc) is 3.43. The van der Waals surface area contributed by atoms with Crippen molar-refractivity contribution in [2.75, 3.05) is 13.2 Å². The number of phenols is 1. The van der Waals surface area contributed by atoms with E-state index in [0.717, 1.165) is 70.9 Å². The smallest absolute Gasteiger partial charge is 0.261 e. The van der Waals surface area contributed by atoms with Gasteiger partial charge in [-0.05, 0) is 83.3 Å². The van der Waals surface area contributed by atoms with Gasteiger partial charge in [0.2, 0.25) is 11.8 Å². The molecule has 2 amide bonds. The number of carbonyl (C=O) groups is 2. The number of phenolic OH excluding ortho intramolecular Hbond substituents is 1. The zero-order chi connectivity index (χ0) is 39.3. The third-order valence-corrected chi connectivity index (χ3v) is 17.7. The predicted octanol–water partition coefficient (Wildman–Crippen LogP) is 8.30. The lowest BCUT2D eigenvalue weighted by molar-refractivity contribution is -0.143. The first-order valence-corrected chi connectivity index (χ1v) is 22.9. The third-order valence-electron chi connectivity index (χ3n) is 12.3. The number of benzene rings is 3. The second-order valence-corrected chi connectivity index (χ2v) is 22.0. The third kappa shape index (κ3) is 8.52. The van der Waals surface area contributed by atoms with Crippen LogP contribution in [0.5, 0.6) is 5.75 Å². The van der Waals surface area contributed by atoms with Gasteiger partial charge in [0.15, 0.2) is 0 Å². The van der Waals surface area contributed by atoms with Crippen molar-refractivity contribution in [3.8, 4) is 5.75 Å². The summed E-state index contributed by atoms with van der Waals surface area (Å²) < 4.78 is 8.30. The van der Waals surface area contributed by atoms with Gasteiger partial charge in [-0.2, -0.15) is 0 Å². The molecule has 1 saturated heterocycles. The molecule has 0 unspecified atom stereocenters. The maximum absolute atomic E-state index is 14.4. The Labute approximate surface area is 336 Å². The van der Waals surface area contributed by atoms with Gasteiger partial charge < -0.3 is 19.7 Å². The summed E-state index contributed by atoms with van der Waals surface area (Å²) in [6.07, 6.45) is 8.66. The molecule has 6 rings (SSSR count). The molecule has 0 aromatic heterocycles. The van der Waals surface area contributed by atoms with Crippen molar-refractivity contribution in [1.82, 2.24) is 4.90 Å². The molecule has 7 nitrogen and oxygen atoms in total. The molecule has 55 heavy (non-hydrogen) atoms. The number of carbonyl (C=O) groups excluding carboxylic acids is 2. The fourth-order valence-electron chi connectivity index (χ4n) is 9.70. The number of fused-ring (bicyclic) bond motifs is 1. The Balaban J connectivity index is 1.41. The Bertz CT molecular complexity index is 1830. The van der Waals surface area contributed by atoms with Crippen molar-refractivity contribution in [3.63, 3.8) is 0 Å². The monoisotopic (exact) mass is 827 g/mol. The summed E-state index contributed by atoms with van der Waals surface area (Å²) in [5.74, 6) is -2.17. The fourth-order valence-corrected chi connectivity index (χ4v) is 14.6. The number of imide groups is 1. The molecular formula is C46H58BrNO6Si. The quantitative estimate of drug-likeness (QED) is 0.0859. The zero-order valence-electron chi connectivity index (χ0n) is 32.8. The lowest BCUT2D eigenvalue weighted by Crippen LogP contribution is -2.66. The van der Waals surface area contributed by atoms with Gasteiger partial charge in [0.1, 0.15) is 5.75 Å². The number of aliphatic hydroxyl groups is 2. The molecule has 3 aromatic rings. The van der Waals surface area contributed by atoms with Crippen LogP contribution in [0.3, 0.4) is 0 Å². The van der Waals surface area contributed by atoms with E-state index in [0.29, 0.717) is 30.4 Å². The van der Waals surface area contributed by atoms with E-state index in [9.17, 15) is 24.9 Å². The minimum Gasteiger partial charge on any atom is -0.507 e. The minimum absolute atomic E-state index is 0.111. The summed E-state index contributed by atoms with van der Waals surface area (Å²) in [5.41, 5.74) is 3.26. The highest BCUT2D eigenvalue weighted by Crippen LogP contribution is 2.48. The van der Waals surface area contributed by atoms with Crippen molar-refractivity contribution in [2.45, 2.75) is 109 Å². The van der Waals surface area contributed by atoms with Gasteiger partial charge >= 0.3 is 0 Å². The van der Waals surface area contributed by atoms with E-state index in [4.69, 9.17) is 4.43 Å². The van der Waals surface area contributed by atoms with Crippen molar-refractivity contribution in [2.24, 2.45) is 17.8 Å². The maximum atomic E-state index is 14.4. The van der Waals surface area contributed by atoms with Crippen molar-refractivity contribution >= 4 is 52.5 Å². The molecule has 0 bridgehead atoms. The lowest BCUT2D eigenvalue weighted by atomic mass is 9.68. The summed E-state index contributed by atoms with van der Waals surface area (Å²) in [6.45, 7) is 8.61. The predicted molar refractivity (Wildman–Crippen MR) is 225 cm³/mol. The van der Waals surface area contributed by atoms with Crippen molar-refractivity contribution < 1.29 is 29.3 Å². The van der Waals surface area contributed by atoms with Crippen LogP contribution >= 0.6 is 15.9 Å². The number of allylic oxidation sites excluding steroid dienone is 1. The van der Waals surface area contributed by atoms with Gasteiger partial charge in [-0.15, -0.1) is 0 Å². The molecular weight excluding hydrogens is 770 g/mol. The molecule has 1 heterocycles. The largest absolute Gasteiger partial charge is 0.507 e. The zero-order valence-corrected chi connectivity index (χ0v) is 35.4. The van der Waals surface area contributed by atoms with Crippen LogP contribution in [-0.2, 0) is 14.0 Å². The topological polar surface area (TPSA) is 107 Å². The number of hydrogen-bond acceptors (Lipinski definition) is 6. The van der Waals surface area contributed by atoms with E-state index < -0.39 is 32.2 Å². The highest BCUT2D eigenvalue weighted by atomic mass is 79.9. The highest BCUT2D eigenvalue weighted by Gasteiger charge is 2.57. The second kappa shape index (κ2) is 17.8. The first-order chi connectivity index (χ1) is 26.4. The molecule has 0 spiro atoms. The molecule has 2 fully saturated rings. The van der Waals surface area contributed by atoms with E-state index in [1.54, 1.807) is 17.0 Å². The van der Waals surface area contributed by atoms with Crippen LogP contribution in [0.4, 0.5) is 0 Å². The van der Waals surface area contributed by atoms with Crippen molar-refractivity contribution in [3.05, 3.63) is 106 Å². The summed E-state index contributed by atoms with van der Waals surface area (Å²) in [5, 5.41) is 36.1. The van der Waals surface area contributed by atoms with Gasteiger partial charge in [0, 0.05) is 22.0 Å². The highest BCUT2D eigenvalue weighted by molar-refractivity contribution is 9.10. The summed E-state index contributed by atoms with van der Waals surface area (Å²) >= 11 is 3.52. The van der Waals surface area contributed by atoms with Crippen LogP contribution in [0.25, 0.3) is 6.08 Å². The summed E-state index contributed by atoms with van der Waals surface area (Å²) in [4.78, 5) is 30.2. The molecule has 294 valence electrons.